The van der Waals surface area contributed by atoms with Crippen molar-refractivity contribution in [2.75, 3.05) is 34.0 Å². The fourth-order valence-corrected chi connectivity index (χ4v) is 1.62. The molecule has 0 aliphatic carbocycles. The van der Waals surface area contributed by atoms with Gasteiger partial charge < -0.3 is 24.3 Å². The van der Waals surface area contributed by atoms with Crippen LogP contribution in [-0.4, -0.2) is 45.9 Å². The van der Waals surface area contributed by atoms with Gasteiger partial charge in [0.05, 0.1) is 14.2 Å². The van der Waals surface area contributed by atoms with Crippen LogP contribution in [0.5, 0.6) is 11.5 Å². The molecular weight excluding hydrogens is 290 g/mol. The summed E-state index contributed by atoms with van der Waals surface area (Å²) in [5.41, 5.74) is 0.839. The molecule has 0 atom stereocenters. The molecule has 1 aromatic rings. The number of amides is 1. The topological polar surface area (TPSA) is 83.1 Å². The normalized spacial score (nSPS) is 9.95. The maximum atomic E-state index is 11.6. The van der Waals surface area contributed by atoms with Gasteiger partial charge in [0.1, 0.15) is 6.61 Å². The van der Waals surface area contributed by atoms with Gasteiger partial charge in [-0.2, -0.15) is 0 Å². The Balaban J connectivity index is 2.39. The average Bonchev–Trinajstić information content (AvgIpc) is 2.55. The molecule has 0 saturated heterocycles. The Morgan fingerprint density at radius 3 is 2.45 bits per heavy atom. The van der Waals surface area contributed by atoms with Crippen LogP contribution in [0.25, 0.3) is 0 Å². The Hall–Kier alpha value is -2.28. The Labute approximate surface area is 129 Å². The first-order chi connectivity index (χ1) is 10.6. The summed E-state index contributed by atoms with van der Waals surface area (Å²) < 4.78 is 19.9. The van der Waals surface area contributed by atoms with Crippen LogP contribution >= 0.6 is 0 Å². The predicted molar refractivity (Wildman–Crippen MR) is 78.8 cm³/mol. The molecule has 122 valence electrons. The molecule has 0 saturated carbocycles. The number of hydrogen-bond acceptors (Lipinski definition) is 6. The minimum absolute atomic E-state index is 0.153. The lowest BCUT2D eigenvalue weighted by molar-refractivity contribution is -0.152. The lowest BCUT2D eigenvalue weighted by Gasteiger charge is -2.10. The summed E-state index contributed by atoms with van der Waals surface area (Å²) in [7, 11) is 3.09. The first-order valence-electron chi connectivity index (χ1n) is 6.81. The Bertz CT molecular complexity index is 503. The van der Waals surface area contributed by atoms with Crippen molar-refractivity contribution < 1.29 is 28.5 Å². The van der Waals surface area contributed by atoms with E-state index in [0.29, 0.717) is 24.7 Å². The highest BCUT2D eigenvalue weighted by atomic mass is 16.6. The summed E-state index contributed by atoms with van der Waals surface area (Å²) in [4.78, 5) is 22.8. The van der Waals surface area contributed by atoms with Crippen molar-refractivity contribution in [2.45, 2.75) is 13.5 Å². The van der Waals surface area contributed by atoms with Gasteiger partial charge in [0.25, 0.3) is 5.91 Å². The molecule has 0 radical (unpaired) electrons. The second kappa shape index (κ2) is 9.62. The maximum absolute atomic E-state index is 11.6. The average molecular weight is 311 g/mol. The Morgan fingerprint density at radius 2 is 1.82 bits per heavy atom. The molecule has 0 bridgehead atoms. The van der Waals surface area contributed by atoms with Gasteiger partial charge in [0.2, 0.25) is 0 Å². The third-order valence-corrected chi connectivity index (χ3v) is 2.73. The van der Waals surface area contributed by atoms with Gasteiger partial charge in [-0.25, -0.2) is 4.79 Å². The summed E-state index contributed by atoms with van der Waals surface area (Å²) in [6, 6.07) is 5.32. The number of carbonyl (C=O) groups is 2. The van der Waals surface area contributed by atoms with Crippen LogP contribution in [0.1, 0.15) is 12.5 Å². The number of esters is 1. The maximum Gasteiger partial charge on any atom is 0.332 e. The van der Waals surface area contributed by atoms with Crippen LogP contribution in [0.4, 0.5) is 0 Å². The Morgan fingerprint density at radius 1 is 1.09 bits per heavy atom. The van der Waals surface area contributed by atoms with Gasteiger partial charge in [0, 0.05) is 13.2 Å². The van der Waals surface area contributed by atoms with Crippen LogP contribution < -0.4 is 14.8 Å². The highest BCUT2D eigenvalue weighted by Gasteiger charge is 2.08. The van der Waals surface area contributed by atoms with Gasteiger partial charge in [-0.3, -0.25) is 4.79 Å². The zero-order valence-corrected chi connectivity index (χ0v) is 13.0. The van der Waals surface area contributed by atoms with Gasteiger partial charge in [-0.05, 0) is 24.6 Å². The molecule has 7 nitrogen and oxygen atoms in total. The molecule has 1 amide bonds. The summed E-state index contributed by atoms with van der Waals surface area (Å²) in [5, 5.41) is 2.65. The number of methoxy groups -OCH3 is 2. The summed E-state index contributed by atoms with van der Waals surface area (Å²) in [5.74, 6) is 0.238. The van der Waals surface area contributed by atoms with Crippen LogP contribution in [-0.2, 0) is 25.6 Å². The first-order valence-corrected chi connectivity index (χ1v) is 6.81. The molecule has 1 aromatic carbocycles. The van der Waals surface area contributed by atoms with Crippen LogP contribution in [0.2, 0.25) is 0 Å². The molecule has 1 rings (SSSR count). The molecule has 0 unspecified atom stereocenters. The quantitative estimate of drug-likeness (QED) is 0.682. The van der Waals surface area contributed by atoms with E-state index in [9.17, 15) is 9.59 Å². The molecule has 1 N–H and O–H groups in total. The lowest BCUT2D eigenvalue weighted by atomic mass is 10.2. The first kappa shape index (κ1) is 17.8. The zero-order chi connectivity index (χ0) is 16.4. The second-order valence-corrected chi connectivity index (χ2v) is 4.26. The molecule has 0 fully saturated rings. The lowest BCUT2D eigenvalue weighted by Crippen LogP contribution is -2.29. The third kappa shape index (κ3) is 6.01. The van der Waals surface area contributed by atoms with Crippen LogP contribution in [0, 0.1) is 0 Å². The van der Waals surface area contributed by atoms with Gasteiger partial charge in [-0.1, -0.05) is 6.07 Å². The molecule has 0 aliphatic heterocycles. The van der Waals surface area contributed by atoms with Crippen molar-refractivity contribution in [2.24, 2.45) is 0 Å². The van der Waals surface area contributed by atoms with E-state index in [1.54, 1.807) is 26.2 Å². The van der Waals surface area contributed by atoms with Crippen molar-refractivity contribution in [1.29, 1.82) is 0 Å². The van der Waals surface area contributed by atoms with Crippen molar-refractivity contribution in [3.05, 3.63) is 23.8 Å². The van der Waals surface area contributed by atoms with E-state index in [4.69, 9.17) is 18.9 Å². The molecule has 0 spiro atoms. The van der Waals surface area contributed by atoms with Crippen molar-refractivity contribution in [3.8, 4) is 11.5 Å². The minimum Gasteiger partial charge on any atom is -0.493 e. The highest BCUT2D eigenvalue weighted by molar-refractivity contribution is 5.80. The van der Waals surface area contributed by atoms with E-state index in [0.717, 1.165) is 5.56 Å². The number of nitrogens with one attached hydrogen (secondary N) is 1. The zero-order valence-electron chi connectivity index (χ0n) is 13.0. The summed E-state index contributed by atoms with van der Waals surface area (Å²) >= 11 is 0. The fraction of sp³-hybridized carbons (Fsp3) is 0.467. The van der Waals surface area contributed by atoms with E-state index in [-0.39, 0.29) is 19.1 Å². The van der Waals surface area contributed by atoms with Crippen LogP contribution in [0.3, 0.4) is 0 Å². The molecule has 7 heteroatoms. The van der Waals surface area contributed by atoms with Gasteiger partial charge in [0.15, 0.2) is 18.1 Å². The van der Waals surface area contributed by atoms with E-state index in [1.165, 1.54) is 7.11 Å². The van der Waals surface area contributed by atoms with Crippen molar-refractivity contribution in [1.82, 2.24) is 5.32 Å². The van der Waals surface area contributed by atoms with Gasteiger partial charge >= 0.3 is 5.97 Å². The summed E-state index contributed by atoms with van der Waals surface area (Å²) in [6.07, 6.45) is 0. The van der Waals surface area contributed by atoms with E-state index < -0.39 is 5.97 Å². The van der Waals surface area contributed by atoms with Crippen LogP contribution in [0.15, 0.2) is 18.2 Å². The van der Waals surface area contributed by atoms with Crippen molar-refractivity contribution in [3.63, 3.8) is 0 Å². The number of ether oxygens (including phenoxy) is 4. The molecule has 0 heterocycles. The molecular formula is C15H21NO6. The predicted octanol–water partition coefficient (Wildman–Crippen LogP) is 0.900. The van der Waals surface area contributed by atoms with Crippen molar-refractivity contribution >= 4 is 11.9 Å². The van der Waals surface area contributed by atoms with Gasteiger partial charge in [-0.15, -0.1) is 0 Å². The Kier molecular flexibility index (Phi) is 7.77. The van der Waals surface area contributed by atoms with E-state index >= 15 is 0 Å². The monoisotopic (exact) mass is 311 g/mol. The second-order valence-electron chi connectivity index (χ2n) is 4.26. The summed E-state index contributed by atoms with van der Waals surface area (Å²) in [6.45, 7) is 1.99. The SMILES string of the molecule is CCOCC(=O)OCC(=O)NCc1ccc(OC)c(OC)c1. The standard InChI is InChI=1S/C15H21NO6/c1-4-21-10-15(18)22-9-14(17)16-8-11-5-6-12(19-2)13(7-11)20-3/h5-7H,4,8-10H2,1-3H3,(H,16,17). The highest BCUT2D eigenvalue weighted by Crippen LogP contribution is 2.27. The largest absolute Gasteiger partial charge is 0.493 e. The van der Waals surface area contributed by atoms with E-state index in [2.05, 4.69) is 5.32 Å². The third-order valence-electron chi connectivity index (χ3n) is 2.73. The number of rotatable bonds is 9. The molecule has 0 aliphatic rings. The van der Waals surface area contributed by atoms with E-state index in [1.807, 2.05) is 6.07 Å². The fourth-order valence-electron chi connectivity index (χ4n) is 1.62. The minimum atomic E-state index is -0.567. The smallest absolute Gasteiger partial charge is 0.332 e. The molecule has 22 heavy (non-hydrogen) atoms. The number of hydrogen-bond donors (Lipinski definition) is 1. The molecule has 0 aromatic heterocycles. The number of carbonyl (C=O) groups excluding carboxylic acids is 2. The number of benzene rings is 1.